The van der Waals surface area contributed by atoms with Crippen LogP contribution in [0.15, 0.2) is 106 Å². The quantitative estimate of drug-likeness (QED) is 0.0434. The molecule has 5 saturated heterocycles. The number of carbonyl (C=O) groups is 3. The van der Waals surface area contributed by atoms with Crippen LogP contribution in [0, 0.1) is 47.3 Å². The standard InChI is InChI=1S/C27H32F3N5O2.C18H19F3N2O3.C13H13F3N2O.C9H15N3.C7H12O5S.CH4/c28-27(29,30)23-5-1-4-21-24(32-37-25(21)23)19-6-10-33(11-7-19)16-20-13-22(20)26(36)35-9-2-3-18(15-35)14-34-12-8-31-17-34;19-18(20,21)14-3-1-2-12-15(22-26-16(12)14)10-4-6-23(7-5-10)9-11-8-13(11)17(24)25;14-13(15,16)10-3-1-2-9-11(18-19-12(9)10)8-4-6-17-7-5-8;1-2-9(6-10-3-1)7-12-5-4-11-8-12;1-11-7(8)6-3-5(6)4-12-13(2,9)10;/h1,4-5,8,12,17-20,22H,2-3,6-7,9-11,13-16H2;1-3,10-11,13H,4-9H2,(H,24,25);1-3,8,17H,4-7H2;4-5,8-10H,1-3,6-7H2;5-6H,3-4H2,1-2H3;1H4/t18-,20-,22+;11-,13+;;9-;5-,6?;/m00.10./s1. The van der Waals surface area contributed by atoms with Crippen molar-refractivity contribution in [3.05, 3.63) is 126 Å². The fraction of sp³-hybridized carbons (Fsp3) is 0.600. The maximum atomic E-state index is 13.3. The second-order valence-corrected chi connectivity index (χ2v) is 31.2. The number of halogens is 9. The number of aromatic nitrogens is 7. The summed E-state index contributed by atoms with van der Waals surface area (Å²) in [5, 5.41) is 28.9. The molecule has 108 heavy (non-hydrogen) atoms. The summed E-state index contributed by atoms with van der Waals surface area (Å²) in [5.41, 5.74) is -0.941. The number of amides is 1. The summed E-state index contributed by atoms with van der Waals surface area (Å²) < 4.78 is 168. The van der Waals surface area contributed by atoms with E-state index in [0.717, 1.165) is 180 Å². The number of likely N-dealkylation sites (tertiary alicyclic amines) is 3. The average Bonchev–Trinajstić information content (AvgIpc) is 1.65. The van der Waals surface area contributed by atoms with Crippen molar-refractivity contribution in [1.29, 1.82) is 0 Å². The highest BCUT2D eigenvalue weighted by Gasteiger charge is 2.48. The Kier molecular flexibility index (Phi) is 26.5. The number of carboxylic acids is 1. The van der Waals surface area contributed by atoms with Gasteiger partial charge in [0, 0.05) is 104 Å². The monoisotopic (exact) mass is 1540 g/mol. The molecule has 8 atom stereocenters. The van der Waals surface area contributed by atoms with E-state index in [-0.39, 0.29) is 84.1 Å². The number of piperidine rings is 5. The van der Waals surface area contributed by atoms with E-state index in [0.29, 0.717) is 57.4 Å². The molecule has 5 aromatic heterocycles. The topological polar surface area (TPSA) is 272 Å². The molecule has 0 bridgehead atoms. The predicted octanol–water partition coefficient (Wildman–Crippen LogP) is 13.1. The van der Waals surface area contributed by atoms with Crippen LogP contribution in [-0.2, 0) is 65.0 Å². The Balaban J connectivity index is 0.000000143. The van der Waals surface area contributed by atoms with Crippen molar-refractivity contribution in [2.45, 2.75) is 140 Å². The van der Waals surface area contributed by atoms with Crippen LogP contribution in [0.4, 0.5) is 39.5 Å². The molecule has 1 amide bonds. The molecule has 3 aliphatic carbocycles. The Morgan fingerprint density at radius 3 is 1.42 bits per heavy atom. The first kappa shape index (κ1) is 81.0. The highest BCUT2D eigenvalue weighted by Crippen LogP contribution is 2.46. The second kappa shape index (κ2) is 35.4. The van der Waals surface area contributed by atoms with E-state index in [2.05, 4.69) is 68.8 Å². The summed E-state index contributed by atoms with van der Waals surface area (Å²) in [5.74, 6) is 1.26. The Bertz CT molecular complexity index is 4350. The van der Waals surface area contributed by atoms with Crippen LogP contribution in [0.2, 0.25) is 0 Å². The van der Waals surface area contributed by atoms with Crippen LogP contribution in [0.25, 0.3) is 32.9 Å². The lowest BCUT2D eigenvalue weighted by atomic mass is 9.91. The third-order valence-corrected chi connectivity index (χ3v) is 22.4. The number of nitrogens with zero attached hydrogens (tertiary/aromatic N) is 10. The minimum Gasteiger partial charge on any atom is -0.481 e. The van der Waals surface area contributed by atoms with E-state index in [1.54, 1.807) is 24.4 Å². The van der Waals surface area contributed by atoms with Gasteiger partial charge in [0.2, 0.25) is 5.91 Å². The fourth-order valence-corrected chi connectivity index (χ4v) is 16.2. The lowest BCUT2D eigenvalue weighted by Crippen LogP contribution is -2.42. The number of benzene rings is 3. The normalized spacial score (nSPS) is 23.9. The molecule has 8 aliphatic rings. The van der Waals surface area contributed by atoms with Gasteiger partial charge in [0.1, 0.15) is 16.7 Å². The van der Waals surface area contributed by atoms with Crippen LogP contribution in [-0.4, -0.2) is 179 Å². The van der Waals surface area contributed by atoms with Gasteiger partial charge >= 0.3 is 30.5 Å². The maximum Gasteiger partial charge on any atom is 0.420 e. The van der Waals surface area contributed by atoms with Crippen LogP contribution < -0.4 is 10.6 Å². The molecule has 8 aromatic rings. The number of carbonyl (C=O) groups excluding carboxylic acids is 2. The number of hydrogen-bond acceptors (Lipinski definition) is 19. The van der Waals surface area contributed by atoms with Crippen LogP contribution in [0.1, 0.15) is 142 Å². The Morgan fingerprint density at radius 2 is 1.00 bits per heavy atom. The number of rotatable bonds is 17. The highest BCUT2D eigenvalue weighted by molar-refractivity contribution is 7.86. The second-order valence-electron chi connectivity index (χ2n) is 29.6. The number of nitrogens with one attached hydrogen (secondary N) is 2. The van der Waals surface area contributed by atoms with E-state index in [9.17, 15) is 62.3 Å². The predicted molar refractivity (Wildman–Crippen MR) is 380 cm³/mol. The van der Waals surface area contributed by atoms with Crippen molar-refractivity contribution in [2.24, 2.45) is 47.3 Å². The number of esters is 1. The third kappa shape index (κ3) is 21.1. The first-order valence-corrected chi connectivity index (χ1v) is 38.6. The molecule has 590 valence electrons. The SMILES string of the molecule is C.COC(=O)C1C[C@H]1COS(C)(=O)=O.FC(F)(F)c1cccc2c(C3CCNCC3)noc12.O=C(O)[C@@H]1C[C@H]1CN1CCC(c2noc3c(C(F)(F)F)cccc23)CC1.O=C([C@@H]1C[C@H]1CN1CCC(c2noc3c(C(F)(F)F)cccc23)CC1)N1CCC[C@@H](Cn2ccnc2)C1.c1cn(C[C@@H]2CCCNC2)cn1. The Morgan fingerprint density at radius 1 is 0.556 bits per heavy atom. The van der Waals surface area contributed by atoms with Gasteiger partial charge in [-0.2, -0.15) is 47.9 Å². The first-order valence-electron chi connectivity index (χ1n) is 36.7. The summed E-state index contributed by atoms with van der Waals surface area (Å²) in [6, 6.07) is 12.2. The lowest BCUT2D eigenvalue weighted by Gasteiger charge is -2.33. The zero-order valence-corrected chi connectivity index (χ0v) is 60.4. The summed E-state index contributed by atoms with van der Waals surface area (Å²) >= 11 is 0. The zero-order chi connectivity index (χ0) is 75.8. The van der Waals surface area contributed by atoms with E-state index in [1.807, 2.05) is 31.2 Å². The molecule has 5 aliphatic heterocycles. The summed E-state index contributed by atoms with van der Waals surface area (Å²) in [4.78, 5) is 49.9. The van der Waals surface area contributed by atoms with Crippen LogP contribution in [0.5, 0.6) is 0 Å². The molecule has 0 spiro atoms. The van der Waals surface area contributed by atoms with E-state index < -0.39 is 51.3 Å². The van der Waals surface area contributed by atoms with Gasteiger partial charge in [-0.05, 0) is 202 Å². The molecule has 10 heterocycles. The minimum absolute atomic E-state index is 0. The summed E-state index contributed by atoms with van der Waals surface area (Å²) in [7, 11) is -2.07. The fourth-order valence-electron chi connectivity index (χ4n) is 15.7. The largest absolute Gasteiger partial charge is 0.481 e. The van der Waals surface area contributed by atoms with Crippen molar-refractivity contribution in [1.82, 2.24) is 59.9 Å². The number of para-hydroxylation sites is 3. The molecule has 3 saturated carbocycles. The molecule has 16 rings (SSSR count). The van der Waals surface area contributed by atoms with E-state index in [1.165, 1.54) is 44.7 Å². The first-order chi connectivity index (χ1) is 51.2. The molecule has 0 radical (unpaired) electrons. The third-order valence-electron chi connectivity index (χ3n) is 21.8. The number of alkyl halides is 9. The number of ether oxygens (including phenoxy) is 1. The van der Waals surface area contributed by atoms with Crippen molar-refractivity contribution >= 4 is 60.9 Å². The van der Waals surface area contributed by atoms with Gasteiger partial charge < -0.3 is 57.9 Å². The number of carboxylic acid groups (broad SMARTS) is 1. The molecular formula is C75H95F9N12O11S. The summed E-state index contributed by atoms with van der Waals surface area (Å²) in [6.45, 7) is 12.8. The maximum absolute atomic E-state index is 13.3. The van der Waals surface area contributed by atoms with Gasteiger partial charge in [-0.3, -0.25) is 18.6 Å². The molecule has 33 heteroatoms. The van der Waals surface area contributed by atoms with Gasteiger partial charge in [-0.25, -0.2) is 9.97 Å². The van der Waals surface area contributed by atoms with Gasteiger partial charge in [-0.1, -0.05) is 41.1 Å². The van der Waals surface area contributed by atoms with E-state index in [4.69, 9.17) is 18.7 Å². The Labute approximate surface area is 620 Å². The van der Waals surface area contributed by atoms with Crippen molar-refractivity contribution < 1.29 is 89.9 Å². The van der Waals surface area contributed by atoms with Gasteiger partial charge in [0.15, 0.2) is 16.7 Å². The number of imidazole rings is 2. The zero-order valence-electron chi connectivity index (χ0n) is 59.6. The highest BCUT2D eigenvalue weighted by atomic mass is 32.2. The number of fused-ring (bicyclic) bond motifs is 3. The Hall–Kier alpha value is -7.98. The van der Waals surface area contributed by atoms with Crippen molar-refractivity contribution in [2.75, 3.05) is 98.5 Å². The van der Waals surface area contributed by atoms with Crippen LogP contribution >= 0.6 is 0 Å². The van der Waals surface area contributed by atoms with Crippen LogP contribution in [0.3, 0.4) is 0 Å². The van der Waals surface area contributed by atoms with Gasteiger partial charge in [0.25, 0.3) is 10.1 Å². The molecular weight excluding hydrogens is 1450 g/mol. The van der Waals surface area contributed by atoms with Gasteiger partial charge in [-0.15, -0.1) is 0 Å². The molecule has 1 unspecified atom stereocenters. The number of methoxy groups -OCH3 is 1. The van der Waals surface area contributed by atoms with E-state index >= 15 is 0 Å². The lowest BCUT2D eigenvalue weighted by molar-refractivity contribution is -0.143. The van der Waals surface area contributed by atoms with Crippen molar-refractivity contribution in [3.63, 3.8) is 0 Å². The molecule has 8 fully saturated rings. The average molecular weight is 1540 g/mol. The molecule has 3 aromatic carbocycles. The number of hydrogen-bond donors (Lipinski definition) is 3. The summed E-state index contributed by atoms with van der Waals surface area (Å²) in [6.07, 6.45) is 11.2. The molecule has 3 N–H and O–H groups in total. The number of aliphatic carboxylic acids is 1. The van der Waals surface area contributed by atoms with Crippen molar-refractivity contribution in [3.8, 4) is 0 Å². The molecule has 23 nitrogen and oxygen atoms in total. The van der Waals surface area contributed by atoms with Gasteiger partial charge in [0.05, 0.1) is 61.5 Å². The smallest absolute Gasteiger partial charge is 0.420 e. The minimum atomic E-state index is -4.47.